The van der Waals surface area contributed by atoms with Crippen molar-refractivity contribution in [2.75, 3.05) is 6.54 Å². The van der Waals surface area contributed by atoms with E-state index >= 15 is 0 Å². The topological polar surface area (TPSA) is 43.8 Å². The van der Waals surface area contributed by atoms with Gasteiger partial charge >= 0.3 is 0 Å². The van der Waals surface area contributed by atoms with Gasteiger partial charge in [-0.15, -0.1) is 0 Å². The molecule has 0 saturated carbocycles. The van der Waals surface area contributed by atoms with Crippen molar-refractivity contribution in [1.29, 1.82) is 0 Å². The molecule has 1 unspecified atom stereocenters. The Bertz CT molecular complexity index is 519. The summed E-state index contributed by atoms with van der Waals surface area (Å²) in [4.78, 5) is 4.41. The van der Waals surface area contributed by atoms with Crippen LogP contribution < -0.4 is 5.73 Å². The molecule has 3 nitrogen and oxygen atoms in total. The molecule has 2 rings (SSSR count). The van der Waals surface area contributed by atoms with E-state index < -0.39 is 0 Å². The van der Waals surface area contributed by atoms with Crippen LogP contribution in [-0.2, 0) is 7.05 Å². The molecule has 0 saturated heterocycles. The maximum Gasteiger partial charge on any atom is 0.151 e. The molecular formula is C13H18FN3. The Hall–Kier alpha value is -1.42. The van der Waals surface area contributed by atoms with Gasteiger partial charge < -0.3 is 10.3 Å². The van der Waals surface area contributed by atoms with Crippen LogP contribution in [0.15, 0.2) is 18.2 Å². The molecule has 0 spiro atoms. The molecule has 0 fully saturated rings. The SMILES string of the molecule is CCCC(CN)c1nc2c(F)cccc2n1C. The van der Waals surface area contributed by atoms with Gasteiger partial charge in [-0.1, -0.05) is 19.4 Å². The Morgan fingerprint density at radius 1 is 1.47 bits per heavy atom. The van der Waals surface area contributed by atoms with Crippen molar-refractivity contribution in [2.45, 2.75) is 25.7 Å². The minimum atomic E-state index is -0.267. The highest BCUT2D eigenvalue weighted by molar-refractivity contribution is 5.76. The second-order valence-corrected chi connectivity index (χ2v) is 4.36. The fourth-order valence-electron chi connectivity index (χ4n) is 2.26. The summed E-state index contributed by atoms with van der Waals surface area (Å²) in [5.41, 5.74) is 7.04. The van der Waals surface area contributed by atoms with E-state index in [9.17, 15) is 4.39 Å². The van der Waals surface area contributed by atoms with Gasteiger partial charge in [0, 0.05) is 19.5 Å². The molecule has 1 aromatic carbocycles. The van der Waals surface area contributed by atoms with Crippen LogP contribution in [-0.4, -0.2) is 16.1 Å². The van der Waals surface area contributed by atoms with Gasteiger partial charge in [0.05, 0.1) is 5.52 Å². The van der Waals surface area contributed by atoms with Crippen LogP contribution in [0.2, 0.25) is 0 Å². The summed E-state index contributed by atoms with van der Waals surface area (Å²) in [6.45, 7) is 2.67. The van der Waals surface area contributed by atoms with Gasteiger partial charge in [0.15, 0.2) is 5.82 Å². The lowest BCUT2D eigenvalue weighted by molar-refractivity contribution is 0.571. The van der Waals surface area contributed by atoms with E-state index in [0.29, 0.717) is 12.1 Å². The Balaban J connectivity index is 2.54. The highest BCUT2D eigenvalue weighted by Gasteiger charge is 2.18. The molecule has 17 heavy (non-hydrogen) atoms. The second kappa shape index (κ2) is 4.84. The van der Waals surface area contributed by atoms with E-state index in [2.05, 4.69) is 11.9 Å². The van der Waals surface area contributed by atoms with Gasteiger partial charge in [-0.05, 0) is 18.6 Å². The molecule has 0 radical (unpaired) electrons. The standard InChI is InChI=1S/C13H18FN3/c1-3-5-9(8-15)13-16-12-10(14)6-4-7-11(12)17(13)2/h4,6-7,9H,3,5,8,15H2,1-2H3. The number of hydrogen-bond acceptors (Lipinski definition) is 2. The highest BCUT2D eigenvalue weighted by Crippen LogP contribution is 2.24. The first-order valence-corrected chi connectivity index (χ1v) is 6.00. The van der Waals surface area contributed by atoms with Crippen LogP contribution in [0.1, 0.15) is 31.5 Å². The van der Waals surface area contributed by atoms with Crippen molar-refractivity contribution < 1.29 is 4.39 Å². The average molecular weight is 235 g/mol. The zero-order chi connectivity index (χ0) is 12.4. The first kappa shape index (κ1) is 12.0. The molecule has 0 bridgehead atoms. The molecule has 0 aliphatic heterocycles. The van der Waals surface area contributed by atoms with Crippen molar-refractivity contribution in [1.82, 2.24) is 9.55 Å². The number of nitrogens with zero attached hydrogens (tertiary/aromatic N) is 2. The molecule has 2 N–H and O–H groups in total. The minimum Gasteiger partial charge on any atom is -0.331 e. The molecule has 0 aliphatic rings. The summed E-state index contributed by atoms with van der Waals surface area (Å²) in [6, 6.07) is 5.03. The molecule has 0 aliphatic carbocycles. The number of hydrogen-bond donors (Lipinski definition) is 1. The van der Waals surface area contributed by atoms with Crippen molar-refractivity contribution in [3.8, 4) is 0 Å². The second-order valence-electron chi connectivity index (χ2n) is 4.36. The largest absolute Gasteiger partial charge is 0.331 e. The van der Waals surface area contributed by atoms with E-state index in [1.54, 1.807) is 6.07 Å². The van der Waals surface area contributed by atoms with E-state index in [1.165, 1.54) is 6.07 Å². The number of aromatic nitrogens is 2. The van der Waals surface area contributed by atoms with E-state index in [1.807, 2.05) is 17.7 Å². The lowest BCUT2D eigenvalue weighted by atomic mass is 10.0. The molecule has 92 valence electrons. The number of fused-ring (bicyclic) bond motifs is 1. The number of imidazole rings is 1. The first-order valence-electron chi connectivity index (χ1n) is 6.00. The monoisotopic (exact) mass is 235 g/mol. The Morgan fingerprint density at radius 2 is 2.24 bits per heavy atom. The molecule has 4 heteroatoms. The molecule has 1 aromatic heterocycles. The Labute approximate surface area is 100 Å². The molecular weight excluding hydrogens is 217 g/mol. The lowest BCUT2D eigenvalue weighted by Crippen LogP contribution is -2.16. The van der Waals surface area contributed by atoms with Gasteiger partial charge in [-0.3, -0.25) is 0 Å². The number of benzene rings is 1. The quantitative estimate of drug-likeness (QED) is 0.885. The van der Waals surface area contributed by atoms with Gasteiger partial charge in [-0.25, -0.2) is 9.37 Å². The molecule has 1 atom stereocenters. The number of rotatable bonds is 4. The summed E-state index contributed by atoms with van der Waals surface area (Å²) in [7, 11) is 1.92. The highest BCUT2D eigenvalue weighted by atomic mass is 19.1. The summed E-state index contributed by atoms with van der Waals surface area (Å²) in [6.07, 6.45) is 2.03. The third-order valence-corrected chi connectivity index (χ3v) is 3.18. The number of aryl methyl sites for hydroxylation is 1. The zero-order valence-corrected chi connectivity index (χ0v) is 10.3. The zero-order valence-electron chi connectivity index (χ0n) is 10.3. The van der Waals surface area contributed by atoms with Crippen molar-refractivity contribution in [2.24, 2.45) is 12.8 Å². The van der Waals surface area contributed by atoms with Crippen molar-refractivity contribution >= 4 is 11.0 Å². The van der Waals surface area contributed by atoms with Crippen molar-refractivity contribution in [3.63, 3.8) is 0 Å². The van der Waals surface area contributed by atoms with Crippen LogP contribution in [0, 0.1) is 5.82 Å². The third-order valence-electron chi connectivity index (χ3n) is 3.18. The molecule has 2 aromatic rings. The molecule has 0 amide bonds. The molecule has 1 heterocycles. The van der Waals surface area contributed by atoms with E-state index in [0.717, 1.165) is 24.2 Å². The third kappa shape index (κ3) is 2.05. The summed E-state index contributed by atoms with van der Waals surface area (Å²) in [5, 5.41) is 0. The predicted molar refractivity (Wildman–Crippen MR) is 67.4 cm³/mol. The minimum absolute atomic E-state index is 0.205. The normalized spacial score (nSPS) is 13.2. The fourth-order valence-corrected chi connectivity index (χ4v) is 2.26. The van der Waals surface area contributed by atoms with Gasteiger partial charge in [-0.2, -0.15) is 0 Å². The van der Waals surface area contributed by atoms with Crippen LogP contribution in [0.25, 0.3) is 11.0 Å². The fraction of sp³-hybridized carbons (Fsp3) is 0.462. The van der Waals surface area contributed by atoms with Crippen molar-refractivity contribution in [3.05, 3.63) is 29.8 Å². The van der Waals surface area contributed by atoms with Crippen LogP contribution in [0.4, 0.5) is 4.39 Å². The van der Waals surface area contributed by atoms with Crippen LogP contribution >= 0.6 is 0 Å². The maximum atomic E-state index is 13.6. The lowest BCUT2D eigenvalue weighted by Gasteiger charge is -2.13. The van der Waals surface area contributed by atoms with Gasteiger partial charge in [0.25, 0.3) is 0 Å². The first-order chi connectivity index (χ1) is 8.19. The van der Waals surface area contributed by atoms with E-state index in [-0.39, 0.29) is 11.7 Å². The Morgan fingerprint density at radius 3 is 2.82 bits per heavy atom. The van der Waals surface area contributed by atoms with Gasteiger partial charge in [0.1, 0.15) is 11.3 Å². The maximum absolute atomic E-state index is 13.6. The smallest absolute Gasteiger partial charge is 0.151 e. The number of halogens is 1. The summed E-state index contributed by atoms with van der Waals surface area (Å²) < 4.78 is 15.6. The summed E-state index contributed by atoms with van der Waals surface area (Å²) in [5.74, 6) is 0.822. The summed E-state index contributed by atoms with van der Waals surface area (Å²) >= 11 is 0. The van der Waals surface area contributed by atoms with Gasteiger partial charge in [0.2, 0.25) is 0 Å². The predicted octanol–water partition coefficient (Wildman–Crippen LogP) is 2.55. The Kier molecular flexibility index (Phi) is 3.43. The number of nitrogens with two attached hydrogens (primary N) is 1. The van der Waals surface area contributed by atoms with Crippen LogP contribution in [0.5, 0.6) is 0 Å². The van der Waals surface area contributed by atoms with E-state index in [4.69, 9.17) is 5.73 Å². The van der Waals surface area contributed by atoms with Crippen LogP contribution in [0.3, 0.4) is 0 Å². The average Bonchev–Trinajstić information content (AvgIpc) is 2.66. The number of para-hydroxylation sites is 1.